The van der Waals surface area contributed by atoms with Crippen molar-refractivity contribution in [3.8, 4) is 5.69 Å². The fourth-order valence-corrected chi connectivity index (χ4v) is 4.28. The highest BCUT2D eigenvalue weighted by molar-refractivity contribution is 7.92. The molecule has 28 heavy (non-hydrogen) atoms. The lowest BCUT2D eigenvalue weighted by atomic mass is 10.1. The molecular formula is C21H21ClN2O3S. The molecule has 0 aliphatic rings. The Bertz CT molecular complexity index is 1030. The van der Waals surface area contributed by atoms with E-state index >= 15 is 0 Å². The molecule has 3 aromatic rings. The number of carbonyl (C=O) groups is 1. The normalized spacial score (nSPS) is 11.3. The molecule has 0 unspecified atom stereocenters. The zero-order valence-electron chi connectivity index (χ0n) is 15.2. The van der Waals surface area contributed by atoms with Gasteiger partial charge < -0.3 is 9.88 Å². The molecule has 0 spiro atoms. The van der Waals surface area contributed by atoms with Crippen molar-refractivity contribution >= 4 is 33.0 Å². The number of anilines is 1. The zero-order chi connectivity index (χ0) is 20.0. The van der Waals surface area contributed by atoms with E-state index in [1.165, 1.54) is 0 Å². The average molecular weight is 417 g/mol. The highest BCUT2D eigenvalue weighted by Crippen LogP contribution is 2.24. The van der Waals surface area contributed by atoms with Gasteiger partial charge in [0.2, 0.25) is 5.91 Å². The van der Waals surface area contributed by atoms with Crippen LogP contribution in [0.25, 0.3) is 5.69 Å². The fourth-order valence-electron chi connectivity index (χ4n) is 2.92. The summed E-state index contributed by atoms with van der Waals surface area (Å²) in [7, 11) is -3.49. The van der Waals surface area contributed by atoms with Gasteiger partial charge in [0.25, 0.3) is 0 Å². The summed E-state index contributed by atoms with van der Waals surface area (Å²) in [5, 5.41) is 3.22. The van der Waals surface area contributed by atoms with Crippen molar-refractivity contribution in [3.05, 3.63) is 83.6 Å². The van der Waals surface area contributed by atoms with Crippen molar-refractivity contribution in [2.24, 2.45) is 0 Å². The first kappa shape index (κ1) is 20.2. The topological polar surface area (TPSA) is 68.2 Å². The highest BCUT2D eigenvalue weighted by atomic mass is 35.5. The molecule has 0 atom stereocenters. The summed E-state index contributed by atoms with van der Waals surface area (Å²) in [4.78, 5) is 12.3. The molecule has 0 bridgehead atoms. The molecule has 0 saturated heterocycles. The van der Waals surface area contributed by atoms with E-state index in [2.05, 4.69) is 5.32 Å². The van der Waals surface area contributed by atoms with Crippen molar-refractivity contribution in [1.82, 2.24) is 4.57 Å². The number of halogens is 1. The minimum Gasteiger partial charge on any atom is -0.323 e. The Morgan fingerprint density at radius 2 is 1.71 bits per heavy atom. The van der Waals surface area contributed by atoms with Crippen LogP contribution in [0.4, 0.5) is 5.69 Å². The summed E-state index contributed by atoms with van der Waals surface area (Å²) in [5.74, 6) is -1.13. The fraction of sp³-hybridized carbons (Fsp3) is 0.190. The number of rotatable bonds is 8. The third kappa shape index (κ3) is 5.71. The van der Waals surface area contributed by atoms with Crippen molar-refractivity contribution in [2.75, 3.05) is 16.8 Å². The first-order valence-corrected chi connectivity index (χ1v) is 11.1. The lowest BCUT2D eigenvalue weighted by molar-refractivity contribution is -0.113. The molecular weight excluding hydrogens is 396 g/mol. The predicted octanol–water partition coefficient (Wildman–Crippen LogP) is 4.12. The van der Waals surface area contributed by atoms with Gasteiger partial charge in [-0.1, -0.05) is 41.9 Å². The number of aromatic nitrogens is 1. The van der Waals surface area contributed by atoms with E-state index in [1.807, 2.05) is 54.9 Å². The number of carbonyl (C=O) groups excluding carboxylic acids is 1. The number of nitrogens with zero attached hydrogens (tertiary/aromatic N) is 1. The molecule has 1 aromatic heterocycles. The SMILES string of the molecule is O=C(CS(=O)(=O)CCCc1ccccc1)Nc1ccc(Cl)cc1-n1cccc1. The van der Waals surface area contributed by atoms with Crippen molar-refractivity contribution in [3.63, 3.8) is 0 Å². The van der Waals surface area contributed by atoms with Crippen LogP contribution in [0.15, 0.2) is 73.1 Å². The molecule has 1 N–H and O–H groups in total. The van der Waals surface area contributed by atoms with Crippen molar-refractivity contribution < 1.29 is 13.2 Å². The van der Waals surface area contributed by atoms with Gasteiger partial charge in [0.05, 0.1) is 17.1 Å². The second-order valence-electron chi connectivity index (χ2n) is 6.48. The van der Waals surface area contributed by atoms with Crippen LogP contribution in [0.3, 0.4) is 0 Å². The Hall–Kier alpha value is -2.57. The van der Waals surface area contributed by atoms with Gasteiger partial charge in [0.15, 0.2) is 9.84 Å². The van der Waals surface area contributed by atoms with Crippen LogP contribution >= 0.6 is 11.6 Å². The molecule has 0 aliphatic carbocycles. The van der Waals surface area contributed by atoms with Gasteiger partial charge in [0, 0.05) is 17.4 Å². The highest BCUT2D eigenvalue weighted by Gasteiger charge is 2.18. The van der Waals surface area contributed by atoms with E-state index in [1.54, 1.807) is 22.8 Å². The Labute approximate surface area is 169 Å². The summed E-state index contributed by atoms with van der Waals surface area (Å²) < 4.78 is 26.4. The number of nitrogens with one attached hydrogen (secondary N) is 1. The molecule has 0 radical (unpaired) electrons. The summed E-state index contributed by atoms with van der Waals surface area (Å²) in [6, 6.07) is 18.4. The van der Waals surface area contributed by atoms with E-state index < -0.39 is 21.5 Å². The minimum absolute atomic E-state index is 0.0274. The van der Waals surface area contributed by atoms with Crippen LogP contribution in [-0.2, 0) is 21.1 Å². The smallest absolute Gasteiger partial charge is 0.239 e. The maximum Gasteiger partial charge on any atom is 0.239 e. The Balaban J connectivity index is 1.60. The molecule has 0 aliphatic heterocycles. The Morgan fingerprint density at radius 3 is 2.43 bits per heavy atom. The molecule has 1 heterocycles. The second kappa shape index (κ2) is 9.08. The molecule has 146 valence electrons. The first-order chi connectivity index (χ1) is 13.4. The third-order valence-corrected chi connectivity index (χ3v) is 6.08. The molecule has 0 fully saturated rings. The second-order valence-corrected chi connectivity index (χ2v) is 9.10. The van der Waals surface area contributed by atoms with Crippen LogP contribution in [0.2, 0.25) is 5.02 Å². The van der Waals surface area contributed by atoms with E-state index in [9.17, 15) is 13.2 Å². The van der Waals surface area contributed by atoms with E-state index in [0.717, 1.165) is 5.56 Å². The Kier molecular flexibility index (Phi) is 6.54. The van der Waals surface area contributed by atoms with Crippen LogP contribution in [0.1, 0.15) is 12.0 Å². The van der Waals surface area contributed by atoms with Gasteiger partial charge >= 0.3 is 0 Å². The van der Waals surface area contributed by atoms with E-state index in [4.69, 9.17) is 11.6 Å². The maximum atomic E-state index is 12.3. The first-order valence-electron chi connectivity index (χ1n) is 8.90. The number of benzene rings is 2. The number of hydrogen-bond acceptors (Lipinski definition) is 3. The average Bonchev–Trinajstić information content (AvgIpc) is 3.18. The molecule has 0 saturated carbocycles. The summed E-state index contributed by atoms with van der Waals surface area (Å²) in [6.45, 7) is 0. The van der Waals surface area contributed by atoms with Crippen LogP contribution in [0.5, 0.6) is 0 Å². The summed E-state index contributed by atoms with van der Waals surface area (Å²) in [6.07, 6.45) is 4.79. The van der Waals surface area contributed by atoms with Crippen LogP contribution in [-0.4, -0.2) is 30.4 Å². The Morgan fingerprint density at radius 1 is 1.00 bits per heavy atom. The van der Waals surface area contributed by atoms with Crippen LogP contribution in [0, 0.1) is 0 Å². The monoisotopic (exact) mass is 416 g/mol. The molecule has 3 rings (SSSR count). The molecule has 1 amide bonds. The van der Waals surface area contributed by atoms with Gasteiger partial charge in [0.1, 0.15) is 5.75 Å². The lowest BCUT2D eigenvalue weighted by Crippen LogP contribution is -2.25. The maximum absolute atomic E-state index is 12.3. The number of sulfone groups is 1. The largest absolute Gasteiger partial charge is 0.323 e. The van der Waals surface area contributed by atoms with Gasteiger partial charge in [-0.15, -0.1) is 0 Å². The van der Waals surface area contributed by atoms with E-state index in [-0.39, 0.29) is 5.75 Å². The van der Waals surface area contributed by atoms with Crippen LogP contribution < -0.4 is 5.32 Å². The zero-order valence-corrected chi connectivity index (χ0v) is 16.8. The van der Waals surface area contributed by atoms with Crippen molar-refractivity contribution in [2.45, 2.75) is 12.8 Å². The van der Waals surface area contributed by atoms with Gasteiger partial charge in [-0.05, 0) is 48.7 Å². The number of amides is 1. The van der Waals surface area contributed by atoms with Crippen molar-refractivity contribution in [1.29, 1.82) is 0 Å². The predicted molar refractivity (Wildman–Crippen MR) is 113 cm³/mol. The number of hydrogen-bond donors (Lipinski definition) is 1. The molecule has 2 aromatic carbocycles. The summed E-state index contributed by atoms with van der Waals surface area (Å²) in [5.41, 5.74) is 2.26. The van der Waals surface area contributed by atoms with E-state index in [0.29, 0.717) is 29.2 Å². The van der Waals surface area contributed by atoms with Gasteiger partial charge in [-0.25, -0.2) is 8.42 Å². The minimum atomic E-state index is -3.49. The van der Waals surface area contributed by atoms with Gasteiger partial charge in [-0.2, -0.15) is 0 Å². The standard InChI is InChI=1S/C21H21ClN2O3S/c22-18-10-11-19(20(15-18)24-12-4-5-13-24)23-21(25)16-28(26,27)14-6-9-17-7-2-1-3-8-17/h1-5,7-8,10-13,15H,6,9,14,16H2,(H,23,25). The lowest BCUT2D eigenvalue weighted by Gasteiger charge is -2.13. The third-order valence-electron chi connectivity index (χ3n) is 4.23. The quantitative estimate of drug-likeness (QED) is 0.600. The summed E-state index contributed by atoms with van der Waals surface area (Å²) >= 11 is 6.06. The molecule has 7 heteroatoms. The molecule has 5 nitrogen and oxygen atoms in total. The van der Waals surface area contributed by atoms with Gasteiger partial charge in [-0.3, -0.25) is 4.79 Å². The number of aryl methyl sites for hydroxylation is 1.